The summed E-state index contributed by atoms with van der Waals surface area (Å²) in [5.74, 6) is 1.92. The first-order chi connectivity index (χ1) is 16.0. The summed E-state index contributed by atoms with van der Waals surface area (Å²) in [6, 6.07) is 13.0. The SMILES string of the molecule is COc1nc(-c2nnc3n2CCN(C)C3)ccc1NC(=O)c1c(-c2ccccc2)noc1C. The standard InChI is InChI=1S/C23H23N7O3/c1-14-19(20(28-33-14)15-7-5-4-6-8-15)22(31)24-17-10-9-16(25-23(17)32-3)21-27-26-18-13-29(2)11-12-30(18)21/h4-10H,11-13H2,1-3H3,(H,24,31). The lowest BCUT2D eigenvalue weighted by Crippen LogP contribution is -2.30. The number of aromatic nitrogens is 5. The molecule has 1 aliphatic heterocycles. The molecule has 0 bridgehead atoms. The first-order valence-corrected chi connectivity index (χ1v) is 10.5. The van der Waals surface area contributed by atoms with E-state index in [4.69, 9.17) is 9.26 Å². The van der Waals surface area contributed by atoms with Gasteiger partial charge in [-0.2, -0.15) is 0 Å². The van der Waals surface area contributed by atoms with Crippen LogP contribution in [-0.4, -0.2) is 56.4 Å². The van der Waals surface area contributed by atoms with Gasteiger partial charge in [-0.1, -0.05) is 35.5 Å². The van der Waals surface area contributed by atoms with Gasteiger partial charge in [-0.3, -0.25) is 9.69 Å². The third-order valence-electron chi connectivity index (χ3n) is 5.61. The van der Waals surface area contributed by atoms with Crippen molar-refractivity contribution < 1.29 is 14.1 Å². The van der Waals surface area contributed by atoms with E-state index in [1.165, 1.54) is 7.11 Å². The Bertz CT molecular complexity index is 1310. The molecule has 0 fully saturated rings. The summed E-state index contributed by atoms with van der Waals surface area (Å²) >= 11 is 0. The molecule has 0 saturated carbocycles. The minimum atomic E-state index is -0.358. The van der Waals surface area contributed by atoms with Crippen LogP contribution in [0.5, 0.6) is 5.88 Å². The summed E-state index contributed by atoms with van der Waals surface area (Å²) in [4.78, 5) is 19.9. The van der Waals surface area contributed by atoms with Gasteiger partial charge in [-0.05, 0) is 26.1 Å². The number of methoxy groups -OCH3 is 1. The molecule has 1 amide bonds. The first-order valence-electron chi connectivity index (χ1n) is 10.5. The van der Waals surface area contributed by atoms with Gasteiger partial charge in [-0.15, -0.1) is 10.2 Å². The number of likely N-dealkylation sites (N-methyl/N-ethyl adjacent to an activating group) is 1. The van der Waals surface area contributed by atoms with Crippen LogP contribution in [0.2, 0.25) is 0 Å². The summed E-state index contributed by atoms with van der Waals surface area (Å²) in [7, 11) is 3.56. The number of amides is 1. The quantitative estimate of drug-likeness (QED) is 0.499. The second kappa shape index (κ2) is 8.47. The number of hydrogen-bond donors (Lipinski definition) is 1. The molecule has 33 heavy (non-hydrogen) atoms. The van der Waals surface area contributed by atoms with Gasteiger partial charge >= 0.3 is 0 Å². The summed E-state index contributed by atoms with van der Waals surface area (Å²) in [5.41, 5.74) is 2.70. The Kier molecular flexibility index (Phi) is 5.35. The molecule has 0 spiro atoms. The average molecular weight is 445 g/mol. The number of pyridine rings is 1. The van der Waals surface area contributed by atoms with E-state index in [9.17, 15) is 4.79 Å². The number of hydrogen-bond acceptors (Lipinski definition) is 8. The van der Waals surface area contributed by atoms with E-state index in [-0.39, 0.29) is 11.8 Å². The monoisotopic (exact) mass is 445 g/mol. The Morgan fingerprint density at radius 1 is 1.12 bits per heavy atom. The predicted molar refractivity (Wildman–Crippen MR) is 121 cm³/mol. The van der Waals surface area contributed by atoms with Gasteiger partial charge in [0.2, 0.25) is 5.88 Å². The minimum absolute atomic E-state index is 0.279. The van der Waals surface area contributed by atoms with Crippen molar-refractivity contribution in [1.82, 2.24) is 29.8 Å². The highest BCUT2D eigenvalue weighted by Gasteiger charge is 2.24. The highest BCUT2D eigenvalue weighted by Crippen LogP contribution is 2.30. The lowest BCUT2D eigenvalue weighted by Gasteiger charge is -2.23. The van der Waals surface area contributed by atoms with Crippen LogP contribution < -0.4 is 10.1 Å². The van der Waals surface area contributed by atoms with E-state index in [1.54, 1.807) is 19.1 Å². The van der Waals surface area contributed by atoms with Crippen molar-refractivity contribution in [2.75, 3.05) is 26.0 Å². The fraction of sp³-hybridized carbons (Fsp3) is 0.261. The van der Waals surface area contributed by atoms with Crippen LogP contribution >= 0.6 is 0 Å². The molecule has 4 aromatic rings. The molecule has 5 rings (SSSR count). The smallest absolute Gasteiger partial charge is 0.261 e. The van der Waals surface area contributed by atoms with Crippen molar-refractivity contribution in [1.29, 1.82) is 0 Å². The van der Waals surface area contributed by atoms with Gasteiger partial charge in [0.1, 0.15) is 34.2 Å². The number of rotatable bonds is 5. The highest BCUT2D eigenvalue weighted by molar-refractivity contribution is 6.09. The molecular formula is C23H23N7O3. The number of carbonyl (C=O) groups excluding carboxylic acids is 1. The van der Waals surface area contributed by atoms with Gasteiger partial charge in [0.25, 0.3) is 5.91 Å². The number of carbonyl (C=O) groups is 1. The Morgan fingerprint density at radius 2 is 1.94 bits per heavy atom. The lowest BCUT2D eigenvalue weighted by atomic mass is 10.1. The molecule has 0 radical (unpaired) electrons. The maximum Gasteiger partial charge on any atom is 0.261 e. The highest BCUT2D eigenvalue weighted by atomic mass is 16.5. The molecule has 0 saturated heterocycles. The van der Waals surface area contributed by atoms with Crippen LogP contribution in [-0.2, 0) is 13.1 Å². The zero-order chi connectivity index (χ0) is 22.9. The number of nitrogens with one attached hydrogen (secondary N) is 1. The Balaban J connectivity index is 1.44. The third-order valence-corrected chi connectivity index (χ3v) is 5.61. The van der Waals surface area contributed by atoms with Crippen LogP contribution in [0.1, 0.15) is 21.9 Å². The van der Waals surface area contributed by atoms with Crippen molar-refractivity contribution in [3.63, 3.8) is 0 Å². The van der Waals surface area contributed by atoms with E-state index < -0.39 is 0 Å². The van der Waals surface area contributed by atoms with Crippen LogP contribution in [0.3, 0.4) is 0 Å². The number of aryl methyl sites for hydroxylation is 1. The van der Waals surface area contributed by atoms with E-state index >= 15 is 0 Å². The Morgan fingerprint density at radius 3 is 2.73 bits per heavy atom. The molecule has 0 atom stereocenters. The maximum absolute atomic E-state index is 13.2. The summed E-state index contributed by atoms with van der Waals surface area (Å²) in [6.07, 6.45) is 0. The number of benzene rings is 1. The minimum Gasteiger partial charge on any atom is -0.479 e. The van der Waals surface area contributed by atoms with Gasteiger partial charge in [0, 0.05) is 18.7 Å². The molecule has 1 aliphatic rings. The fourth-order valence-corrected chi connectivity index (χ4v) is 3.90. The summed E-state index contributed by atoms with van der Waals surface area (Å²) in [5, 5.41) is 15.6. The lowest BCUT2D eigenvalue weighted by molar-refractivity contribution is 0.102. The van der Waals surface area contributed by atoms with Crippen molar-refractivity contribution >= 4 is 11.6 Å². The molecule has 10 heteroatoms. The Labute approximate surface area is 190 Å². The third kappa shape index (κ3) is 3.85. The number of fused-ring (bicyclic) bond motifs is 1. The zero-order valence-electron chi connectivity index (χ0n) is 18.6. The molecule has 3 aromatic heterocycles. The van der Waals surface area contributed by atoms with E-state index in [0.717, 1.165) is 31.0 Å². The van der Waals surface area contributed by atoms with Crippen LogP contribution in [0.4, 0.5) is 5.69 Å². The van der Waals surface area contributed by atoms with Crippen molar-refractivity contribution in [2.24, 2.45) is 0 Å². The molecule has 4 heterocycles. The molecule has 0 aliphatic carbocycles. The molecule has 168 valence electrons. The normalized spacial score (nSPS) is 13.5. The second-order valence-corrected chi connectivity index (χ2v) is 7.87. The average Bonchev–Trinajstić information content (AvgIpc) is 3.43. The van der Waals surface area contributed by atoms with Crippen molar-refractivity contribution in [2.45, 2.75) is 20.0 Å². The van der Waals surface area contributed by atoms with Crippen molar-refractivity contribution in [3.8, 4) is 28.7 Å². The number of nitrogens with zero attached hydrogens (tertiary/aromatic N) is 6. The van der Waals surface area contributed by atoms with Gasteiger partial charge in [0.05, 0.1) is 13.7 Å². The van der Waals surface area contributed by atoms with Crippen molar-refractivity contribution in [3.05, 3.63) is 59.6 Å². The molecule has 1 N–H and O–H groups in total. The van der Waals surface area contributed by atoms with Crippen LogP contribution in [0.25, 0.3) is 22.8 Å². The number of ether oxygens (including phenoxy) is 1. The van der Waals surface area contributed by atoms with Gasteiger partial charge < -0.3 is 19.1 Å². The maximum atomic E-state index is 13.2. The van der Waals surface area contributed by atoms with E-state index in [1.807, 2.05) is 30.3 Å². The molecule has 0 unspecified atom stereocenters. The topological polar surface area (TPSA) is 111 Å². The second-order valence-electron chi connectivity index (χ2n) is 7.87. The number of anilines is 1. The molecule has 1 aromatic carbocycles. The van der Waals surface area contributed by atoms with Gasteiger partial charge in [-0.25, -0.2) is 4.98 Å². The van der Waals surface area contributed by atoms with Crippen LogP contribution in [0, 0.1) is 6.92 Å². The van der Waals surface area contributed by atoms with E-state index in [0.29, 0.717) is 34.2 Å². The summed E-state index contributed by atoms with van der Waals surface area (Å²) < 4.78 is 12.9. The fourth-order valence-electron chi connectivity index (χ4n) is 3.90. The largest absolute Gasteiger partial charge is 0.479 e. The Hall–Kier alpha value is -4.05. The predicted octanol–water partition coefficient (Wildman–Crippen LogP) is 3.01. The zero-order valence-corrected chi connectivity index (χ0v) is 18.6. The first kappa shape index (κ1) is 20.8. The molecular weight excluding hydrogens is 422 g/mol. The summed E-state index contributed by atoms with van der Waals surface area (Å²) in [6.45, 7) is 4.13. The van der Waals surface area contributed by atoms with Crippen LogP contribution in [0.15, 0.2) is 47.0 Å². The van der Waals surface area contributed by atoms with E-state index in [2.05, 4.69) is 42.2 Å². The van der Waals surface area contributed by atoms with Gasteiger partial charge in [0.15, 0.2) is 5.82 Å². The molecule has 10 nitrogen and oxygen atoms in total.